The Kier molecular flexibility index (Phi) is 10.9. The van der Waals surface area contributed by atoms with Gasteiger partial charge in [0, 0.05) is 79.8 Å². The van der Waals surface area contributed by atoms with Crippen molar-refractivity contribution in [3.05, 3.63) is 113 Å². The monoisotopic (exact) mass is 712 g/mol. The molecule has 1 unspecified atom stereocenters. The molecule has 3 heterocycles. The van der Waals surface area contributed by atoms with Gasteiger partial charge in [0.15, 0.2) is 0 Å². The van der Waals surface area contributed by atoms with Gasteiger partial charge in [0.05, 0.1) is 16.9 Å². The number of halogens is 3. The molecule has 52 heavy (non-hydrogen) atoms. The Morgan fingerprint density at radius 2 is 1.58 bits per heavy atom. The Hall–Kier alpha value is -5.72. The third kappa shape index (κ3) is 8.76. The standard InChI is InChI=1S/C39H39F3N6O4/c1-25(49)45-31-14-18-48(24-31)38(52)29-9-6-8-27(20-29)37(51)46-34-12-11-32(47-16-3-2-4-17-47)22-33(34)35-21-28(13-15-43-35)36(50)44-23-26-7-5-10-30(19-26)39(40,41)42/h5-13,15,19-22,31H,2-4,14,16-18,23-24H2,1H3,(H,44,50)(H,45,49)(H,46,51). The first kappa shape index (κ1) is 36.1. The predicted molar refractivity (Wildman–Crippen MR) is 191 cm³/mol. The number of benzene rings is 3. The average molecular weight is 713 g/mol. The summed E-state index contributed by atoms with van der Waals surface area (Å²) < 4.78 is 39.6. The zero-order valence-corrected chi connectivity index (χ0v) is 28.6. The molecule has 6 rings (SSSR count). The highest BCUT2D eigenvalue weighted by molar-refractivity contribution is 6.08. The maximum absolute atomic E-state index is 13.7. The lowest BCUT2D eigenvalue weighted by Crippen LogP contribution is -2.37. The van der Waals surface area contributed by atoms with Crippen LogP contribution in [0.5, 0.6) is 0 Å². The summed E-state index contributed by atoms with van der Waals surface area (Å²) in [5, 5.41) is 8.50. The molecule has 4 amide bonds. The fourth-order valence-electron chi connectivity index (χ4n) is 6.58. The molecule has 2 aliphatic rings. The smallest absolute Gasteiger partial charge is 0.372 e. The first-order valence-electron chi connectivity index (χ1n) is 17.2. The van der Waals surface area contributed by atoms with Crippen LogP contribution in [0.3, 0.4) is 0 Å². The van der Waals surface area contributed by atoms with Gasteiger partial charge in [-0.2, -0.15) is 13.2 Å². The van der Waals surface area contributed by atoms with Crippen molar-refractivity contribution in [3.63, 3.8) is 0 Å². The largest absolute Gasteiger partial charge is 0.416 e. The van der Waals surface area contributed by atoms with E-state index in [4.69, 9.17) is 0 Å². The molecule has 270 valence electrons. The van der Waals surface area contributed by atoms with Crippen LogP contribution in [-0.2, 0) is 17.5 Å². The number of piperidine rings is 1. The molecule has 1 atom stereocenters. The maximum atomic E-state index is 13.7. The van der Waals surface area contributed by atoms with E-state index in [1.54, 1.807) is 41.3 Å². The first-order valence-corrected chi connectivity index (χ1v) is 17.2. The van der Waals surface area contributed by atoms with Crippen LogP contribution in [0.4, 0.5) is 24.5 Å². The number of carbonyl (C=O) groups excluding carboxylic acids is 4. The summed E-state index contributed by atoms with van der Waals surface area (Å²) in [5.41, 5.74) is 2.72. The van der Waals surface area contributed by atoms with Crippen LogP contribution in [0.2, 0.25) is 0 Å². The van der Waals surface area contributed by atoms with Gasteiger partial charge in [-0.3, -0.25) is 24.2 Å². The molecule has 0 saturated carbocycles. The van der Waals surface area contributed by atoms with Gasteiger partial charge in [0.25, 0.3) is 17.7 Å². The lowest BCUT2D eigenvalue weighted by molar-refractivity contribution is -0.137. The Bertz CT molecular complexity index is 1980. The van der Waals surface area contributed by atoms with E-state index in [0.717, 1.165) is 50.2 Å². The minimum absolute atomic E-state index is 0.110. The van der Waals surface area contributed by atoms with Gasteiger partial charge in [-0.1, -0.05) is 18.2 Å². The van der Waals surface area contributed by atoms with Crippen molar-refractivity contribution in [3.8, 4) is 11.3 Å². The molecule has 10 nitrogen and oxygen atoms in total. The molecule has 2 fully saturated rings. The summed E-state index contributed by atoms with van der Waals surface area (Å²) in [7, 11) is 0. The van der Waals surface area contributed by atoms with Gasteiger partial charge in [0.1, 0.15) is 0 Å². The number of rotatable bonds is 9. The number of likely N-dealkylation sites (tertiary alicyclic amines) is 1. The Balaban J connectivity index is 1.23. The number of nitrogens with zero attached hydrogens (tertiary/aromatic N) is 3. The highest BCUT2D eigenvalue weighted by Gasteiger charge is 2.30. The van der Waals surface area contributed by atoms with Crippen LogP contribution in [0.1, 0.15) is 74.8 Å². The van der Waals surface area contributed by atoms with Gasteiger partial charge < -0.3 is 25.8 Å². The molecule has 0 aliphatic carbocycles. The summed E-state index contributed by atoms with van der Waals surface area (Å²) in [6.45, 7) is 3.96. The third-order valence-corrected chi connectivity index (χ3v) is 9.23. The molecule has 2 saturated heterocycles. The van der Waals surface area contributed by atoms with Crippen molar-refractivity contribution in [2.75, 3.05) is 36.4 Å². The Morgan fingerprint density at radius 3 is 2.35 bits per heavy atom. The molecule has 13 heteroatoms. The molecule has 3 aromatic carbocycles. The van der Waals surface area contributed by atoms with E-state index in [2.05, 4.69) is 25.8 Å². The molecule has 4 aromatic rings. The molecule has 0 bridgehead atoms. The van der Waals surface area contributed by atoms with E-state index < -0.39 is 23.6 Å². The third-order valence-electron chi connectivity index (χ3n) is 9.23. The second-order valence-corrected chi connectivity index (χ2v) is 13.1. The fraction of sp³-hybridized carbons (Fsp3) is 0.308. The highest BCUT2D eigenvalue weighted by atomic mass is 19.4. The number of alkyl halides is 3. The van der Waals surface area contributed by atoms with Crippen molar-refractivity contribution >= 4 is 35.0 Å². The van der Waals surface area contributed by atoms with E-state index in [-0.39, 0.29) is 35.5 Å². The summed E-state index contributed by atoms with van der Waals surface area (Å²) in [6.07, 6.45) is 0.864. The predicted octanol–water partition coefficient (Wildman–Crippen LogP) is 6.29. The van der Waals surface area contributed by atoms with Gasteiger partial charge in [-0.25, -0.2) is 0 Å². The molecule has 0 spiro atoms. The number of aromatic nitrogens is 1. The quantitative estimate of drug-likeness (QED) is 0.188. The topological polar surface area (TPSA) is 124 Å². The Labute approximate surface area is 299 Å². The van der Waals surface area contributed by atoms with E-state index in [1.807, 2.05) is 12.1 Å². The minimum atomic E-state index is -4.50. The van der Waals surface area contributed by atoms with Gasteiger partial charge in [-0.05, 0) is 91.9 Å². The van der Waals surface area contributed by atoms with Crippen molar-refractivity contribution < 1.29 is 32.3 Å². The number of amides is 4. The zero-order valence-electron chi connectivity index (χ0n) is 28.6. The van der Waals surface area contributed by atoms with Crippen LogP contribution in [0.15, 0.2) is 85.1 Å². The zero-order chi connectivity index (χ0) is 36.8. The van der Waals surface area contributed by atoms with E-state index in [1.165, 1.54) is 31.3 Å². The first-order chi connectivity index (χ1) is 24.9. The second-order valence-electron chi connectivity index (χ2n) is 13.1. The summed E-state index contributed by atoms with van der Waals surface area (Å²) in [6, 6.07) is 19.9. The number of pyridine rings is 1. The van der Waals surface area contributed by atoms with Crippen LogP contribution in [0.25, 0.3) is 11.3 Å². The molecule has 1 aromatic heterocycles. The number of carbonyl (C=O) groups is 4. The lowest BCUT2D eigenvalue weighted by Gasteiger charge is -2.29. The molecule has 3 N–H and O–H groups in total. The number of anilines is 2. The van der Waals surface area contributed by atoms with Gasteiger partial charge in [0.2, 0.25) is 5.91 Å². The minimum Gasteiger partial charge on any atom is -0.372 e. The van der Waals surface area contributed by atoms with Crippen LogP contribution < -0.4 is 20.9 Å². The van der Waals surface area contributed by atoms with Gasteiger partial charge in [-0.15, -0.1) is 0 Å². The molecule has 0 radical (unpaired) electrons. The van der Waals surface area contributed by atoms with Crippen LogP contribution >= 0.6 is 0 Å². The second kappa shape index (κ2) is 15.7. The summed E-state index contributed by atoms with van der Waals surface area (Å²) >= 11 is 0. The molecule has 2 aliphatic heterocycles. The van der Waals surface area contributed by atoms with E-state index in [9.17, 15) is 32.3 Å². The average Bonchev–Trinajstić information content (AvgIpc) is 3.61. The SMILES string of the molecule is CC(=O)NC1CCN(C(=O)c2cccc(C(=O)Nc3ccc(N4CCCCC4)cc3-c3cc(C(=O)NCc4cccc(C(F)(F)F)c4)ccn3)c2)C1. The normalized spacial score (nSPS) is 16.0. The van der Waals surface area contributed by atoms with E-state index in [0.29, 0.717) is 47.6 Å². The summed E-state index contributed by atoms with van der Waals surface area (Å²) in [5.74, 6) is -1.34. The van der Waals surface area contributed by atoms with Crippen molar-refractivity contribution in [1.82, 2.24) is 20.5 Å². The Morgan fingerprint density at radius 1 is 0.827 bits per heavy atom. The van der Waals surface area contributed by atoms with Crippen LogP contribution in [0, 0.1) is 0 Å². The van der Waals surface area contributed by atoms with Crippen LogP contribution in [-0.4, -0.2) is 65.7 Å². The van der Waals surface area contributed by atoms with Gasteiger partial charge >= 0.3 is 6.18 Å². The number of hydrogen-bond donors (Lipinski definition) is 3. The summed E-state index contributed by atoms with van der Waals surface area (Å²) in [4.78, 5) is 60.1. The number of nitrogens with one attached hydrogen (secondary N) is 3. The molecular weight excluding hydrogens is 673 g/mol. The maximum Gasteiger partial charge on any atom is 0.416 e. The molecular formula is C39H39F3N6O4. The number of hydrogen-bond acceptors (Lipinski definition) is 6. The van der Waals surface area contributed by atoms with Crippen molar-refractivity contribution in [2.24, 2.45) is 0 Å². The highest BCUT2D eigenvalue weighted by Crippen LogP contribution is 2.34. The van der Waals surface area contributed by atoms with Crippen molar-refractivity contribution in [2.45, 2.75) is 51.4 Å². The van der Waals surface area contributed by atoms with Crippen molar-refractivity contribution in [1.29, 1.82) is 0 Å². The van der Waals surface area contributed by atoms with E-state index >= 15 is 0 Å². The fourth-order valence-corrected chi connectivity index (χ4v) is 6.58. The lowest BCUT2D eigenvalue weighted by atomic mass is 10.0.